The van der Waals surface area contributed by atoms with Gasteiger partial charge >= 0.3 is 0 Å². The molecule has 0 aliphatic rings. The van der Waals surface area contributed by atoms with E-state index >= 15 is 0 Å². The Morgan fingerprint density at radius 2 is 2.26 bits per heavy atom. The number of halogens is 1. The summed E-state index contributed by atoms with van der Waals surface area (Å²) in [5, 5.41) is 17.6. The maximum Gasteiger partial charge on any atom is 0.270 e. The third-order valence-electron chi connectivity index (χ3n) is 2.41. The van der Waals surface area contributed by atoms with Gasteiger partial charge in [-0.15, -0.1) is 0 Å². The first-order valence-corrected chi connectivity index (χ1v) is 6.34. The molecule has 19 heavy (non-hydrogen) atoms. The van der Waals surface area contributed by atoms with E-state index in [1.807, 2.05) is 6.07 Å². The molecule has 8 heteroatoms. The number of hydrogen-bond acceptors (Lipinski definition) is 6. The molecule has 0 fully saturated rings. The van der Waals surface area contributed by atoms with E-state index in [-0.39, 0.29) is 5.69 Å². The largest absolute Gasteiger partial charge is 0.343 e. The predicted molar refractivity (Wildman–Crippen MR) is 70.5 cm³/mol. The van der Waals surface area contributed by atoms with Crippen molar-refractivity contribution in [2.75, 3.05) is 6.54 Å². The summed E-state index contributed by atoms with van der Waals surface area (Å²) in [5.74, 6) is 0.632. The van der Waals surface area contributed by atoms with Crippen LogP contribution < -0.4 is 5.32 Å². The van der Waals surface area contributed by atoms with Crippen molar-refractivity contribution in [1.82, 2.24) is 15.5 Å². The zero-order chi connectivity index (χ0) is 13.7. The molecule has 7 nitrogen and oxygen atoms in total. The van der Waals surface area contributed by atoms with Gasteiger partial charge in [0.05, 0.1) is 4.92 Å². The van der Waals surface area contributed by atoms with Crippen molar-refractivity contribution < 1.29 is 9.45 Å². The third kappa shape index (κ3) is 4.11. The smallest absolute Gasteiger partial charge is 0.270 e. The molecule has 1 heterocycles. The zero-order valence-electron chi connectivity index (χ0n) is 9.88. The Morgan fingerprint density at radius 1 is 1.42 bits per heavy atom. The number of non-ortho nitro benzene ring substituents is 1. The Bertz CT molecular complexity index is 559. The molecule has 0 amide bonds. The molecule has 0 radical (unpaired) electrons. The Morgan fingerprint density at radius 3 is 2.95 bits per heavy atom. The molecule has 0 aliphatic carbocycles. The molecule has 1 N–H and O–H groups in total. The number of rotatable bonds is 6. The summed E-state index contributed by atoms with van der Waals surface area (Å²) >= 11 is 3.26. The first-order valence-electron chi connectivity index (χ1n) is 5.55. The van der Waals surface area contributed by atoms with Crippen LogP contribution in [0.1, 0.15) is 11.4 Å². The van der Waals surface area contributed by atoms with Crippen LogP contribution >= 0.6 is 15.9 Å². The van der Waals surface area contributed by atoms with Crippen molar-refractivity contribution in [1.29, 1.82) is 0 Å². The van der Waals surface area contributed by atoms with Crippen LogP contribution in [0, 0.1) is 10.1 Å². The van der Waals surface area contributed by atoms with Gasteiger partial charge in [0.1, 0.15) is 0 Å². The molecule has 1 aromatic carbocycles. The lowest BCUT2D eigenvalue weighted by molar-refractivity contribution is -0.385. The van der Waals surface area contributed by atoms with Gasteiger partial charge in [-0.3, -0.25) is 10.1 Å². The molecule has 100 valence electrons. The monoisotopic (exact) mass is 326 g/mol. The van der Waals surface area contributed by atoms with E-state index in [1.54, 1.807) is 6.07 Å². The molecule has 0 unspecified atom stereocenters. The third-order valence-corrected chi connectivity index (χ3v) is 2.87. The summed E-state index contributed by atoms with van der Waals surface area (Å²) in [5.41, 5.74) is 0.915. The van der Waals surface area contributed by atoms with Gasteiger partial charge < -0.3 is 9.84 Å². The van der Waals surface area contributed by atoms with Gasteiger partial charge in [-0.2, -0.15) is 4.98 Å². The molecular formula is C11H11BrN4O3. The maximum atomic E-state index is 10.7. The standard InChI is InChI=1S/C11H11BrN4O3/c12-9-3-8(4-10(5-9)16(17)18)6-13-2-1-11-14-7-19-15-11/h3-5,7,13H,1-2,6H2. The number of hydrogen-bond donors (Lipinski definition) is 1. The summed E-state index contributed by atoms with van der Waals surface area (Å²) in [6.07, 6.45) is 1.93. The second-order valence-electron chi connectivity index (χ2n) is 3.85. The fourth-order valence-electron chi connectivity index (χ4n) is 1.58. The van der Waals surface area contributed by atoms with Crippen LogP contribution in [0.25, 0.3) is 0 Å². The van der Waals surface area contributed by atoms with E-state index in [1.165, 1.54) is 12.5 Å². The maximum absolute atomic E-state index is 10.7. The number of nitrogens with zero attached hydrogens (tertiary/aromatic N) is 3. The van der Waals surface area contributed by atoms with Crippen molar-refractivity contribution >= 4 is 21.6 Å². The van der Waals surface area contributed by atoms with Crippen LogP contribution in [0.5, 0.6) is 0 Å². The summed E-state index contributed by atoms with van der Waals surface area (Å²) < 4.78 is 5.31. The van der Waals surface area contributed by atoms with Crippen LogP contribution in [-0.4, -0.2) is 21.6 Å². The Labute approximate surface area is 117 Å². The molecule has 0 spiro atoms. The molecule has 2 aromatic rings. The van der Waals surface area contributed by atoms with Gasteiger partial charge in [-0.05, 0) is 11.6 Å². The summed E-state index contributed by atoms with van der Waals surface area (Å²) in [6, 6.07) is 4.86. The zero-order valence-corrected chi connectivity index (χ0v) is 11.5. The fourth-order valence-corrected chi connectivity index (χ4v) is 2.10. The highest BCUT2D eigenvalue weighted by atomic mass is 79.9. The van der Waals surface area contributed by atoms with E-state index in [4.69, 9.17) is 0 Å². The second kappa shape index (κ2) is 6.39. The van der Waals surface area contributed by atoms with Gasteiger partial charge in [0.25, 0.3) is 5.69 Å². The van der Waals surface area contributed by atoms with E-state index in [2.05, 4.69) is 35.9 Å². The first kappa shape index (κ1) is 13.6. The number of nitro groups is 1. The second-order valence-corrected chi connectivity index (χ2v) is 4.76. The molecule has 0 aliphatic heterocycles. The topological polar surface area (TPSA) is 94.1 Å². The van der Waals surface area contributed by atoms with Gasteiger partial charge in [-0.1, -0.05) is 21.1 Å². The van der Waals surface area contributed by atoms with Gasteiger partial charge in [0.2, 0.25) is 6.39 Å². The SMILES string of the molecule is O=[N+]([O-])c1cc(Br)cc(CNCCc2ncon2)c1. The lowest BCUT2D eigenvalue weighted by Crippen LogP contribution is -2.17. The highest BCUT2D eigenvalue weighted by molar-refractivity contribution is 9.10. The highest BCUT2D eigenvalue weighted by Gasteiger charge is 2.08. The lowest BCUT2D eigenvalue weighted by Gasteiger charge is -2.04. The van der Waals surface area contributed by atoms with Gasteiger partial charge in [-0.25, -0.2) is 0 Å². The van der Waals surface area contributed by atoms with Crippen LogP contribution in [0.2, 0.25) is 0 Å². The normalized spacial score (nSPS) is 10.6. The average molecular weight is 327 g/mol. The minimum atomic E-state index is -0.409. The molecule has 2 rings (SSSR count). The van der Waals surface area contributed by atoms with E-state index in [0.29, 0.717) is 29.8 Å². The first-order chi connectivity index (χ1) is 9.15. The number of aromatic nitrogens is 2. The van der Waals surface area contributed by atoms with Crippen molar-refractivity contribution in [2.24, 2.45) is 0 Å². The molecule has 0 bridgehead atoms. The van der Waals surface area contributed by atoms with Crippen LogP contribution in [-0.2, 0) is 13.0 Å². The highest BCUT2D eigenvalue weighted by Crippen LogP contribution is 2.21. The number of benzene rings is 1. The lowest BCUT2D eigenvalue weighted by atomic mass is 10.2. The minimum Gasteiger partial charge on any atom is -0.343 e. The van der Waals surface area contributed by atoms with E-state index < -0.39 is 4.92 Å². The molecular weight excluding hydrogens is 316 g/mol. The van der Waals surface area contributed by atoms with Crippen LogP contribution in [0.15, 0.2) is 33.6 Å². The van der Waals surface area contributed by atoms with Crippen molar-refractivity contribution in [3.63, 3.8) is 0 Å². The Hall–Kier alpha value is -1.80. The number of nitro benzene ring substituents is 1. The van der Waals surface area contributed by atoms with Crippen molar-refractivity contribution in [2.45, 2.75) is 13.0 Å². The Balaban J connectivity index is 1.87. The average Bonchev–Trinajstić information content (AvgIpc) is 2.87. The van der Waals surface area contributed by atoms with E-state index in [9.17, 15) is 10.1 Å². The molecule has 0 saturated carbocycles. The summed E-state index contributed by atoms with van der Waals surface area (Å²) in [7, 11) is 0. The van der Waals surface area contributed by atoms with Crippen molar-refractivity contribution in [3.05, 3.63) is 50.6 Å². The summed E-state index contributed by atoms with van der Waals surface area (Å²) in [6.45, 7) is 1.21. The predicted octanol–water partition coefficient (Wildman–Crippen LogP) is 2.07. The molecule has 0 saturated heterocycles. The minimum absolute atomic E-state index is 0.0735. The number of nitrogens with one attached hydrogen (secondary N) is 1. The Kier molecular flexibility index (Phi) is 4.58. The van der Waals surface area contributed by atoms with Gasteiger partial charge in [0, 0.05) is 36.1 Å². The fraction of sp³-hybridized carbons (Fsp3) is 0.273. The quantitative estimate of drug-likeness (QED) is 0.496. The summed E-state index contributed by atoms with van der Waals surface area (Å²) in [4.78, 5) is 14.2. The van der Waals surface area contributed by atoms with E-state index in [0.717, 1.165) is 5.56 Å². The molecule has 0 atom stereocenters. The van der Waals surface area contributed by atoms with Crippen LogP contribution in [0.3, 0.4) is 0 Å². The van der Waals surface area contributed by atoms with Crippen LogP contribution in [0.4, 0.5) is 5.69 Å². The van der Waals surface area contributed by atoms with Crippen molar-refractivity contribution in [3.8, 4) is 0 Å². The molecule has 1 aromatic heterocycles. The van der Waals surface area contributed by atoms with Gasteiger partial charge in [0.15, 0.2) is 5.82 Å².